The van der Waals surface area contributed by atoms with Crippen LogP contribution in [0.4, 0.5) is 5.82 Å². The SMILES string of the molecule is COc1ccc(CCC(=O)N2CCNC[C@H](Cc3cc(N(C)C)ncn3)C2)cc1. The fourth-order valence-electron chi connectivity index (χ4n) is 3.59. The predicted octanol–water partition coefficient (Wildman–Crippen LogP) is 1.77. The first-order valence-electron chi connectivity index (χ1n) is 10.1. The second kappa shape index (κ2) is 10.2. The van der Waals surface area contributed by atoms with Crippen molar-refractivity contribution in [3.63, 3.8) is 0 Å². The number of aryl methyl sites for hydroxylation is 1. The molecule has 1 aromatic heterocycles. The number of carbonyl (C=O) groups excluding carboxylic acids is 1. The van der Waals surface area contributed by atoms with Gasteiger partial charge in [0.25, 0.3) is 0 Å². The molecule has 7 nitrogen and oxygen atoms in total. The summed E-state index contributed by atoms with van der Waals surface area (Å²) >= 11 is 0. The Morgan fingerprint density at radius 2 is 2.07 bits per heavy atom. The van der Waals surface area contributed by atoms with Gasteiger partial charge in [0, 0.05) is 58.5 Å². The van der Waals surface area contributed by atoms with Gasteiger partial charge in [-0.1, -0.05) is 12.1 Å². The largest absolute Gasteiger partial charge is 0.497 e. The quantitative estimate of drug-likeness (QED) is 0.768. The van der Waals surface area contributed by atoms with Crippen LogP contribution in [0.2, 0.25) is 0 Å². The number of hydrogen-bond acceptors (Lipinski definition) is 6. The van der Waals surface area contributed by atoms with Crippen LogP contribution >= 0.6 is 0 Å². The minimum absolute atomic E-state index is 0.214. The molecule has 0 spiro atoms. The first-order valence-corrected chi connectivity index (χ1v) is 10.1. The zero-order valence-corrected chi connectivity index (χ0v) is 17.6. The lowest BCUT2D eigenvalue weighted by Gasteiger charge is -2.24. The second-order valence-electron chi connectivity index (χ2n) is 7.72. The number of nitrogens with zero attached hydrogens (tertiary/aromatic N) is 4. The topological polar surface area (TPSA) is 70.6 Å². The Kier molecular flexibility index (Phi) is 7.41. The summed E-state index contributed by atoms with van der Waals surface area (Å²) in [4.78, 5) is 25.5. The Morgan fingerprint density at radius 3 is 2.79 bits per heavy atom. The van der Waals surface area contributed by atoms with E-state index in [2.05, 4.69) is 15.3 Å². The van der Waals surface area contributed by atoms with Crippen LogP contribution < -0.4 is 15.0 Å². The van der Waals surface area contributed by atoms with E-state index in [1.807, 2.05) is 54.2 Å². The molecule has 2 aromatic rings. The second-order valence-corrected chi connectivity index (χ2v) is 7.72. The van der Waals surface area contributed by atoms with Gasteiger partial charge in [-0.3, -0.25) is 4.79 Å². The number of anilines is 1. The average molecular weight is 398 g/mol. The molecule has 156 valence electrons. The van der Waals surface area contributed by atoms with Crippen molar-refractivity contribution >= 4 is 11.7 Å². The average Bonchev–Trinajstić information content (AvgIpc) is 2.98. The van der Waals surface area contributed by atoms with Gasteiger partial charge in [-0.15, -0.1) is 0 Å². The molecule has 1 aliphatic rings. The zero-order valence-electron chi connectivity index (χ0n) is 17.6. The summed E-state index contributed by atoms with van der Waals surface area (Å²) in [5.41, 5.74) is 2.17. The molecule has 1 saturated heterocycles. The van der Waals surface area contributed by atoms with Crippen molar-refractivity contribution in [1.29, 1.82) is 0 Å². The van der Waals surface area contributed by atoms with Crippen molar-refractivity contribution in [2.45, 2.75) is 19.3 Å². The number of aromatic nitrogens is 2. The lowest BCUT2D eigenvalue weighted by atomic mass is 10.0. The van der Waals surface area contributed by atoms with Crippen LogP contribution in [0.15, 0.2) is 36.7 Å². The molecule has 0 radical (unpaired) electrons. The van der Waals surface area contributed by atoms with E-state index in [9.17, 15) is 4.79 Å². The maximum Gasteiger partial charge on any atom is 0.222 e. The van der Waals surface area contributed by atoms with E-state index in [0.29, 0.717) is 12.3 Å². The molecule has 1 N–H and O–H groups in total. The highest BCUT2D eigenvalue weighted by molar-refractivity contribution is 5.76. The summed E-state index contributed by atoms with van der Waals surface area (Å²) < 4.78 is 5.19. The molecule has 1 fully saturated rings. The fourth-order valence-corrected chi connectivity index (χ4v) is 3.59. The molecule has 0 saturated carbocycles. The minimum atomic E-state index is 0.214. The molecule has 1 aromatic carbocycles. The smallest absolute Gasteiger partial charge is 0.222 e. The number of benzene rings is 1. The van der Waals surface area contributed by atoms with Gasteiger partial charge in [0.1, 0.15) is 17.9 Å². The first kappa shape index (κ1) is 21.0. The van der Waals surface area contributed by atoms with E-state index in [0.717, 1.165) is 61.8 Å². The minimum Gasteiger partial charge on any atom is -0.497 e. The van der Waals surface area contributed by atoms with Gasteiger partial charge in [0.15, 0.2) is 0 Å². The van der Waals surface area contributed by atoms with Gasteiger partial charge in [-0.05, 0) is 36.5 Å². The van der Waals surface area contributed by atoms with Gasteiger partial charge in [0.05, 0.1) is 7.11 Å². The van der Waals surface area contributed by atoms with Gasteiger partial charge >= 0.3 is 0 Å². The van der Waals surface area contributed by atoms with Crippen LogP contribution in [-0.4, -0.2) is 68.2 Å². The number of carbonyl (C=O) groups is 1. The highest BCUT2D eigenvalue weighted by Crippen LogP contribution is 2.16. The lowest BCUT2D eigenvalue weighted by molar-refractivity contribution is -0.131. The highest BCUT2D eigenvalue weighted by Gasteiger charge is 2.22. The van der Waals surface area contributed by atoms with Crippen LogP contribution in [-0.2, 0) is 17.6 Å². The van der Waals surface area contributed by atoms with Crippen molar-refractivity contribution in [3.05, 3.63) is 47.9 Å². The van der Waals surface area contributed by atoms with Crippen LogP contribution in [0.1, 0.15) is 17.7 Å². The lowest BCUT2D eigenvalue weighted by Crippen LogP contribution is -2.36. The highest BCUT2D eigenvalue weighted by atomic mass is 16.5. The molecule has 0 unspecified atom stereocenters. The van der Waals surface area contributed by atoms with E-state index in [1.54, 1.807) is 13.4 Å². The van der Waals surface area contributed by atoms with Crippen molar-refractivity contribution in [1.82, 2.24) is 20.2 Å². The molecule has 1 amide bonds. The standard InChI is InChI=1S/C22H31N5O2/c1-26(2)21-13-19(24-16-25-21)12-18-14-23-10-11-27(15-18)22(28)9-6-17-4-7-20(29-3)8-5-17/h4-5,7-8,13,16,18,23H,6,9-12,14-15H2,1-3H3/t18-/m0/s1. The maximum atomic E-state index is 12.8. The summed E-state index contributed by atoms with van der Waals surface area (Å²) in [5, 5.41) is 3.46. The Bertz CT molecular complexity index is 794. The zero-order chi connectivity index (χ0) is 20.6. The Hall–Kier alpha value is -2.67. The van der Waals surface area contributed by atoms with Gasteiger partial charge in [-0.25, -0.2) is 9.97 Å². The molecular formula is C22H31N5O2. The van der Waals surface area contributed by atoms with Crippen LogP contribution in [0.25, 0.3) is 0 Å². The van der Waals surface area contributed by atoms with E-state index >= 15 is 0 Å². The molecule has 7 heteroatoms. The molecule has 29 heavy (non-hydrogen) atoms. The molecule has 0 aliphatic carbocycles. The third-order valence-electron chi connectivity index (χ3n) is 5.27. The van der Waals surface area contributed by atoms with E-state index in [1.165, 1.54) is 0 Å². The van der Waals surface area contributed by atoms with Crippen molar-refractivity contribution in [2.75, 3.05) is 52.3 Å². The summed E-state index contributed by atoms with van der Waals surface area (Å²) in [7, 11) is 5.61. The Morgan fingerprint density at radius 1 is 1.28 bits per heavy atom. The number of amides is 1. The normalized spacial score (nSPS) is 16.9. The third kappa shape index (κ3) is 6.15. The molecular weight excluding hydrogens is 366 g/mol. The molecule has 2 heterocycles. The Labute approximate surface area is 173 Å². The number of hydrogen-bond donors (Lipinski definition) is 1. The van der Waals surface area contributed by atoms with Crippen LogP contribution in [0, 0.1) is 5.92 Å². The number of nitrogens with one attached hydrogen (secondary N) is 1. The van der Waals surface area contributed by atoms with E-state index < -0.39 is 0 Å². The van der Waals surface area contributed by atoms with Crippen molar-refractivity contribution in [3.8, 4) is 5.75 Å². The van der Waals surface area contributed by atoms with Crippen LogP contribution in [0.5, 0.6) is 5.75 Å². The van der Waals surface area contributed by atoms with Crippen molar-refractivity contribution in [2.24, 2.45) is 5.92 Å². The van der Waals surface area contributed by atoms with E-state index in [-0.39, 0.29) is 5.91 Å². The molecule has 3 rings (SSSR count). The van der Waals surface area contributed by atoms with Gasteiger partial charge < -0.3 is 19.9 Å². The fraction of sp³-hybridized carbons (Fsp3) is 0.500. The van der Waals surface area contributed by atoms with Gasteiger partial charge in [-0.2, -0.15) is 0 Å². The summed E-state index contributed by atoms with van der Waals surface area (Å²) in [5.74, 6) is 2.30. The number of ether oxygens (including phenoxy) is 1. The monoisotopic (exact) mass is 397 g/mol. The predicted molar refractivity (Wildman–Crippen MR) is 114 cm³/mol. The van der Waals surface area contributed by atoms with Gasteiger partial charge in [0.2, 0.25) is 5.91 Å². The maximum absolute atomic E-state index is 12.8. The van der Waals surface area contributed by atoms with Crippen molar-refractivity contribution < 1.29 is 9.53 Å². The third-order valence-corrected chi connectivity index (χ3v) is 5.27. The summed E-state index contributed by atoms with van der Waals surface area (Å²) in [6.07, 6.45) is 3.72. The first-order chi connectivity index (χ1) is 14.0. The number of rotatable bonds is 7. The van der Waals surface area contributed by atoms with E-state index in [4.69, 9.17) is 4.74 Å². The Balaban J connectivity index is 1.56. The molecule has 0 bridgehead atoms. The molecule has 1 aliphatic heterocycles. The van der Waals surface area contributed by atoms with Crippen LogP contribution in [0.3, 0.4) is 0 Å². The summed E-state index contributed by atoms with van der Waals surface area (Å²) in [6, 6.07) is 9.96. The molecule has 1 atom stereocenters. The number of methoxy groups -OCH3 is 1. The summed E-state index contributed by atoms with van der Waals surface area (Å²) in [6.45, 7) is 3.24.